The van der Waals surface area contributed by atoms with Gasteiger partial charge in [0.15, 0.2) is 16.6 Å². The summed E-state index contributed by atoms with van der Waals surface area (Å²) in [4.78, 5) is 11.5. The van der Waals surface area contributed by atoms with E-state index in [1.807, 2.05) is 0 Å². The SMILES string of the molecule is C=C(C)C(=O)OCC(O)C(C)OCCC[Si](CC)(CC)O[Si](CC)(CC)O[Si](C)(CC)CC. The lowest BCUT2D eigenvalue weighted by Crippen LogP contribution is -2.57. The standard InChI is InChI=1S/C24H52O6Si3/c1-11-31(10,12-2)29-33(15-5,16-6)30-32(13-3,14-4)19-17-18-27-22(9)23(25)20-28-24(26)21(7)8/h22-23,25H,7,11-20H2,1-6,8-10H3. The van der Waals surface area contributed by atoms with Crippen LogP contribution in [0, 0.1) is 0 Å². The van der Waals surface area contributed by atoms with Crippen LogP contribution < -0.4 is 0 Å². The Morgan fingerprint density at radius 2 is 1.48 bits per heavy atom. The van der Waals surface area contributed by atoms with Crippen molar-refractivity contribution in [2.45, 2.75) is 123 Å². The van der Waals surface area contributed by atoms with Crippen LogP contribution in [0.5, 0.6) is 0 Å². The van der Waals surface area contributed by atoms with Crippen molar-refractivity contribution in [3.63, 3.8) is 0 Å². The highest BCUT2D eigenvalue weighted by atomic mass is 28.5. The van der Waals surface area contributed by atoms with Crippen molar-refractivity contribution >= 4 is 31.2 Å². The molecule has 9 heteroatoms. The summed E-state index contributed by atoms with van der Waals surface area (Å²) in [6.07, 6.45) is -0.375. The summed E-state index contributed by atoms with van der Waals surface area (Å²) >= 11 is 0. The first-order valence-electron chi connectivity index (χ1n) is 12.9. The van der Waals surface area contributed by atoms with Crippen molar-refractivity contribution in [1.82, 2.24) is 0 Å². The normalized spacial score (nSPS) is 14.7. The summed E-state index contributed by atoms with van der Waals surface area (Å²) in [5, 5.41) is 10.2. The van der Waals surface area contributed by atoms with E-state index >= 15 is 0 Å². The molecular formula is C24H52O6Si3. The molecule has 0 fully saturated rings. The fourth-order valence-corrected chi connectivity index (χ4v) is 19.1. The zero-order valence-electron chi connectivity index (χ0n) is 22.9. The van der Waals surface area contributed by atoms with Crippen LogP contribution in [0.4, 0.5) is 0 Å². The second-order valence-electron chi connectivity index (χ2n) is 9.49. The van der Waals surface area contributed by atoms with Crippen LogP contribution in [0.15, 0.2) is 12.2 Å². The molecule has 0 saturated heterocycles. The van der Waals surface area contributed by atoms with Gasteiger partial charge < -0.3 is 22.8 Å². The lowest BCUT2D eigenvalue weighted by atomic mass is 10.2. The minimum Gasteiger partial charge on any atom is -0.459 e. The number of carbonyl (C=O) groups is 1. The molecule has 6 nitrogen and oxygen atoms in total. The lowest BCUT2D eigenvalue weighted by molar-refractivity contribution is -0.145. The monoisotopic (exact) mass is 520 g/mol. The molecule has 0 aliphatic carbocycles. The Hall–Kier alpha value is -0.299. The summed E-state index contributed by atoms with van der Waals surface area (Å²) in [5.41, 5.74) is 0.319. The number of hydrogen-bond acceptors (Lipinski definition) is 6. The Bertz CT molecular complexity index is 575. The number of aliphatic hydroxyl groups excluding tert-OH is 1. The maximum atomic E-state index is 11.5. The lowest BCUT2D eigenvalue weighted by Gasteiger charge is -2.44. The van der Waals surface area contributed by atoms with Crippen LogP contribution in [0.2, 0.25) is 48.9 Å². The number of hydrogen-bond donors (Lipinski definition) is 1. The molecule has 33 heavy (non-hydrogen) atoms. The molecule has 0 amide bonds. The van der Waals surface area contributed by atoms with Gasteiger partial charge in [-0.2, -0.15) is 0 Å². The van der Waals surface area contributed by atoms with Crippen molar-refractivity contribution < 1.29 is 27.6 Å². The van der Waals surface area contributed by atoms with E-state index in [2.05, 4.69) is 54.7 Å². The Morgan fingerprint density at radius 1 is 0.939 bits per heavy atom. The molecule has 0 heterocycles. The van der Waals surface area contributed by atoms with Crippen molar-refractivity contribution in [1.29, 1.82) is 0 Å². The topological polar surface area (TPSA) is 74.2 Å². The molecule has 0 aliphatic rings. The molecule has 0 aromatic heterocycles. The van der Waals surface area contributed by atoms with Gasteiger partial charge in [0.05, 0.1) is 6.10 Å². The molecule has 0 aromatic rings. The average molecular weight is 521 g/mol. The molecule has 0 aromatic carbocycles. The van der Waals surface area contributed by atoms with E-state index in [0.29, 0.717) is 12.2 Å². The van der Waals surface area contributed by atoms with E-state index in [1.54, 1.807) is 13.8 Å². The Labute approximate surface area is 206 Å². The first kappa shape index (κ1) is 32.7. The largest absolute Gasteiger partial charge is 0.459 e. The summed E-state index contributed by atoms with van der Waals surface area (Å²) in [6.45, 7) is 23.3. The summed E-state index contributed by atoms with van der Waals surface area (Å²) in [5.74, 6) is -0.493. The van der Waals surface area contributed by atoms with Crippen LogP contribution >= 0.6 is 0 Å². The first-order valence-corrected chi connectivity index (χ1v) is 20.5. The van der Waals surface area contributed by atoms with Gasteiger partial charge in [0.25, 0.3) is 0 Å². The van der Waals surface area contributed by atoms with Gasteiger partial charge in [-0.25, -0.2) is 4.79 Å². The minimum absolute atomic E-state index is 0.0887. The van der Waals surface area contributed by atoms with Crippen LogP contribution in [0.1, 0.15) is 61.8 Å². The highest BCUT2D eigenvalue weighted by molar-refractivity contribution is 6.89. The first-order chi connectivity index (χ1) is 15.4. The molecule has 0 saturated carbocycles. The highest BCUT2D eigenvalue weighted by Crippen LogP contribution is 2.35. The summed E-state index contributed by atoms with van der Waals surface area (Å²) in [7, 11) is -5.92. The van der Waals surface area contributed by atoms with E-state index in [4.69, 9.17) is 17.7 Å². The van der Waals surface area contributed by atoms with Gasteiger partial charge in [-0.1, -0.05) is 48.1 Å². The van der Waals surface area contributed by atoms with Crippen molar-refractivity contribution in [2.24, 2.45) is 0 Å². The Morgan fingerprint density at radius 3 is 1.91 bits per heavy atom. The van der Waals surface area contributed by atoms with Gasteiger partial charge >= 0.3 is 14.5 Å². The molecule has 0 bridgehead atoms. The van der Waals surface area contributed by atoms with Crippen molar-refractivity contribution in [3.05, 3.63) is 12.2 Å². The van der Waals surface area contributed by atoms with E-state index < -0.39 is 43.4 Å². The molecule has 2 unspecified atom stereocenters. The van der Waals surface area contributed by atoms with Crippen LogP contribution in [-0.4, -0.2) is 61.7 Å². The summed E-state index contributed by atoms with van der Waals surface area (Å²) in [6, 6.07) is 7.45. The third-order valence-corrected chi connectivity index (χ3v) is 22.8. The maximum absolute atomic E-state index is 11.5. The molecule has 0 radical (unpaired) electrons. The molecule has 0 rings (SSSR count). The highest BCUT2D eigenvalue weighted by Gasteiger charge is 2.46. The number of ether oxygens (including phenoxy) is 2. The van der Waals surface area contributed by atoms with E-state index in [9.17, 15) is 9.90 Å². The third kappa shape index (κ3) is 10.9. The van der Waals surface area contributed by atoms with Gasteiger partial charge in [-0.05, 0) is 69.1 Å². The quantitative estimate of drug-likeness (QED) is 0.0922. The van der Waals surface area contributed by atoms with Crippen molar-refractivity contribution in [3.8, 4) is 0 Å². The molecule has 0 aliphatic heterocycles. The molecular weight excluding hydrogens is 469 g/mol. The zero-order valence-corrected chi connectivity index (χ0v) is 25.9. The van der Waals surface area contributed by atoms with Gasteiger partial charge in [-0.3, -0.25) is 0 Å². The molecule has 1 N–H and O–H groups in total. The number of aliphatic hydroxyl groups is 1. The van der Waals surface area contributed by atoms with Gasteiger partial charge in [0.2, 0.25) is 0 Å². The van der Waals surface area contributed by atoms with Crippen LogP contribution in [-0.2, 0) is 22.5 Å². The van der Waals surface area contributed by atoms with Crippen molar-refractivity contribution in [2.75, 3.05) is 13.2 Å². The van der Waals surface area contributed by atoms with E-state index in [1.165, 1.54) is 0 Å². The van der Waals surface area contributed by atoms with E-state index in [0.717, 1.165) is 48.7 Å². The maximum Gasteiger partial charge on any atom is 0.333 e. The fourth-order valence-electron chi connectivity index (χ4n) is 3.79. The van der Waals surface area contributed by atoms with Gasteiger partial charge in [0.1, 0.15) is 12.7 Å². The minimum atomic E-state index is -2.24. The second kappa shape index (κ2) is 15.6. The molecule has 2 atom stereocenters. The molecule has 0 spiro atoms. The summed E-state index contributed by atoms with van der Waals surface area (Å²) < 4.78 is 25.1. The number of esters is 1. The smallest absolute Gasteiger partial charge is 0.333 e. The number of carbonyl (C=O) groups excluding carboxylic acids is 1. The van der Waals surface area contributed by atoms with Gasteiger partial charge in [-0.15, -0.1) is 0 Å². The average Bonchev–Trinajstić information content (AvgIpc) is 2.83. The fraction of sp³-hybridized carbons (Fsp3) is 0.875. The predicted octanol–water partition coefficient (Wildman–Crippen LogP) is 6.38. The predicted molar refractivity (Wildman–Crippen MR) is 145 cm³/mol. The molecule has 196 valence electrons. The zero-order chi connectivity index (χ0) is 25.7. The Kier molecular flexibility index (Phi) is 15.5. The second-order valence-corrected chi connectivity index (χ2v) is 23.0. The third-order valence-electron chi connectivity index (χ3n) is 7.13. The van der Waals surface area contributed by atoms with Gasteiger partial charge in [0, 0.05) is 12.2 Å². The number of rotatable bonds is 19. The van der Waals surface area contributed by atoms with Crippen LogP contribution in [0.3, 0.4) is 0 Å². The van der Waals surface area contributed by atoms with E-state index in [-0.39, 0.29) is 6.61 Å². The van der Waals surface area contributed by atoms with Crippen LogP contribution in [0.25, 0.3) is 0 Å². The Balaban J connectivity index is 4.99.